The van der Waals surface area contributed by atoms with Gasteiger partial charge < -0.3 is 9.42 Å². The van der Waals surface area contributed by atoms with Crippen LogP contribution in [0.2, 0.25) is 0 Å². The van der Waals surface area contributed by atoms with Gasteiger partial charge in [0.25, 0.3) is 0 Å². The van der Waals surface area contributed by atoms with E-state index in [2.05, 4.69) is 22.6 Å². The smallest absolute Gasteiger partial charge is 0.323 e. The van der Waals surface area contributed by atoms with Crippen molar-refractivity contribution in [1.29, 1.82) is 0 Å². The fourth-order valence-corrected chi connectivity index (χ4v) is 4.14. The third kappa shape index (κ3) is 2.99. The summed E-state index contributed by atoms with van der Waals surface area (Å²) in [5.41, 5.74) is 1.07. The van der Waals surface area contributed by atoms with Gasteiger partial charge in [-0.2, -0.15) is 0 Å². The number of carbonyl (C=O) groups excluding carboxylic acids is 1. The summed E-state index contributed by atoms with van der Waals surface area (Å²) in [5.74, 6) is 1.58. The molecule has 2 amide bonds. The van der Waals surface area contributed by atoms with E-state index >= 15 is 0 Å². The minimum atomic E-state index is -0.119. The quantitative estimate of drug-likeness (QED) is 0.764. The van der Waals surface area contributed by atoms with E-state index in [0.29, 0.717) is 17.5 Å². The van der Waals surface area contributed by atoms with Crippen LogP contribution < -0.4 is 5.32 Å². The Bertz CT molecular complexity index is 831. The highest BCUT2D eigenvalue weighted by Gasteiger charge is 2.26. The summed E-state index contributed by atoms with van der Waals surface area (Å²) in [4.78, 5) is 18.9. The Morgan fingerprint density at radius 1 is 1.33 bits per heavy atom. The minimum Gasteiger partial charge on any atom is -0.360 e. The highest BCUT2D eigenvalue weighted by atomic mass is 32.1. The number of amides is 2. The molecule has 1 aromatic carbocycles. The van der Waals surface area contributed by atoms with Gasteiger partial charge in [0.2, 0.25) is 0 Å². The Hall–Kier alpha value is -2.41. The zero-order valence-corrected chi connectivity index (χ0v) is 14.2. The topological polar surface area (TPSA) is 71.3 Å². The maximum absolute atomic E-state index is 12.3. The Kier molecular flexibility index (Phi) is 3.93. The number of rotatable bonds is 2. The number of aromatic nitrogens is 2. The van der Waals surface area contributed by atoms with E-state index in [0.717, 1.165) is 31.4 Å². The van der Waals surface area contributed by atoms with Gasteiger partial charge in [0.15, 0.2) is 5.82 Å². The van der Waals surface area contributed by atoms with Gasteiger partial charge in [-0.3, -0.25) is 5.32 Å². The predicted molar refractivity (Wildman–Crippen MR) is 93.4 cm³/mol. The van der Waals surface area contributed by atoms with Crippen LogP contribution in [0.1, 0.15) is 29.5 Å². The second-order valence-electron chi connectivity index (χ2n) is 6.03. The fourth-order valence-electron chi connectivity index (χ4n) is 3.01. The summed E-state index contributed by atoms with van der Waals surface area (Å²) in [6.45, 7) is 3.25. The van der Waals surface area contributed by atoms with Crippen molar-refractivity contribution in [2.24, 2.45) is 0 Å². The van der Waals surface area contributed by atoms with E-state index in [-0.39, 0.29) is 6.03 Å². The Balaban J connectivity index is 1.38. The first-order valence-electron chi connectivity index (χ1n) is 8.04. The van der Waals surface area contributed by atoms with Crippen molar-refractivity contribution in [3.63, 3.8) is 0 Å². The molecule has 1 aliphatic rings. The third-order valence-corrected chi connectivity index (χ3v) is 5.50. The van der Waals surface area contributed by atoms with E-state index in [1.54, 1.807) is 24.3 Å². The van der Waals surface area contributed by atoms with Crippen LogP contribution in [0.25, 0.3) is 10.2 Å². The molecule has 7 heteroatoms. The van der Waals surface area contributed by atoms with Crippen LogP contribution in [0.15, 0.2) is 34.9 Å². The number of hydrogen-bond acceptors (Lipinski definition) is 5. The zero-order valence-electron chi connectivity index (χ0n) is 13.4. The average Bonchev–Trinajstić information content (AvgIpc) is 3.21. The molecule has 0 unspecified atom stereocenters. The second-order valence-corrected chi connectivity index (χ2v) is 7.10. The average molecular weight is 342 g/mol. The molecule has 0 atom stereocenters. The molecule has 124 valence electrons. The standard InChI is InChI=1S/C17H18N4O2S/c1-11-10-15(20-23-11)19-17(22)21-8-6-12(7-9-21)16-18-13-4-2-3-5-14(13)24-16/h2-5,10,12H,6-9H2,1H3,(H,19,20,22). The maximum Gasteiger partial charge on any atom is 0.323 e. The summed E-state index contributed by atoms with van der Waals surface area (Å²) in [5, 5.41) is 7.76. The monoisotopic (exact) mass is 342 g/mol. The molecule has 2 aromatic heterocycles. The Labute approximate surface area is 143 Å². The highest BCUT2D eigenvalue weighted by molar-refractivity contribution is 7.18. The van der Waals surface area contributed by atoms with Crippen molar-refractivity contribution in [3.8, 4) is 0 Å². The van der Waals surface area contributed by atoms with E-state index in [4.69, 9.17) is 9.51 Å². The van der Waals surface area contributed by atoms with Gasteiger partial charge in [-0.1, -0.05) is 17.3 Å². The molecule has 0 aliphatic carbocycles. The number of thiazole rings is 1. The van der Waals surface area contributed by atoms with E-state index in [9.17, 15) is 4.79 Å². The van der Waals surface area contributed by atoms with Gasteiger partial charge in [-0.25, -0.2) is 9.78 Å². The van der Waals surface area contributed by atoms with Crippen LogP contribution in [-0.2, 0) is 0 Å². The van der Waals surface area contributed by atoms with Gasteiger partial charge in [-0.15, -0.1) is 11.3 Å². The molecular formula is C17H18N4O2S. The van der Waals surface area contributed by atoms with Crippen LogP contribution in [0, 0.1) is 6.92 Å². The van der Waals surface area contributed by atoms with Crippen LogP contribution in [0.5, 0.6) is 0 Å². The largest absolute Gasteiger partial charge is 0.360 e. The molecular weight excluding hydrogens is 324 g/mol. The molecule has 1 aliphatic heterocycles. The summed E-state index contributed by atoms with van der Waals surface area (Å²) in [6.07, 6.45) is 1.87. The summed E-state index contributed by atoms with van der Waals surface area (Å²) in [6, 6.07) is 9.82. The molecule has 1 N–H and O–H groups in total. The molecule has 3 heterocycles. The first-order chi connectivity index (χ1) is 11.7. The van der Waals surface area contributed by atoms with Crippen molar-refractivity contribution < 1.29 is 9.32 Å². The van der Waals surface area contributed by atoms with Crippen molar-refractivity contribution in [2.45, 2.75) is 25.7 Å². The van der Waals surface area contributed by atoms with Gasteiger partial charge in [0.05, 0.1) is 15.2 Å². The third-order valence-electron chi connectivity index (χ3n) is 4.30. The maximum atomic E-state index is 12.3. The number of benzene rings is 1. The number of para-hydroxylation sites is 1. The summed E-state index contributed by atoms with van der Waals surface area (Å²) < 4.78 is 6.20. The number of fused-ring (bicyclic) bond motifs is 1. The predicted octanol–water partition coefficient (Wildman–Crippen LogP) is 4.00. The number of likely N-dealkylation sites (tertiary alicyclic amines) is 1. The lowest BCUT2D eigenvalue weighted by atomic mass is 9.98. The lowest BCUT2D eigenvalue weighted by Crippen LogP contribution is -2.40. The number of piperidine rings is 1. The van der Waals surface area contributed by atoms with E-state index in [1.807, 2.05) is 17.0 Å². The number of nitrogens with zero attached hydrogens (tertiary/aromatic N) is 3. The number of urea groups is 1. The van der Waals surface area contributed by atoms with Gasteiger partial charge in [-0.05, 0) is 31.9 Å². The molecule has 6 nitrogen and oxygen atoms in total. The minimum absolute atomic E-state index is 0.119. The van der Waals surface area contributed by atoms with Crippen molar-refractivity contribution in [1.82, 2.24) is 15.0 Å². The molecule has 0 spiro atoms. The van der Waals surface area contributed by atoms with Crippen molar-refractivity contribution in [2.75, 3.05) is 18.4 Å². The van der Waals surface area contributed by atoms with Crippen molar-refractivity contribution >= 4 is 33.4 Å². The molecule has 0 saturated carbocycles. The normalized spacial score (nSPS) is 15.8. The van der Waals surface area contributed by atoms with Crippen LogP contribution in [0.4, 0.5) is 10.6 Å². The second kappa shape index (κ2) is 6.24. The van der Waals surface area contributed by atoms with Crippen molar-refractivity contribution in [3.05, 3.63) is 41.1 Å². The highest BCUT2D eigenvalue weighted by Crippen LogP contribution is 2.33. The van der Waals surface area contributed by atoms with E-state index in [1.165, 1.54) is 9.71 Å². The Morgan fingerprint density at radius 2 is 2.12 bits per heavy atom. The van der Waals surface area contributed by atoms with Crippen LogP contribution in [-0.4, -0.2) is 34.2 Å². The molecule has 4 rings (SSSR count). The van der Waals surface area contributed by atoms with Crippen LogP contribution >= 0.6 is 11.3 Å². The number of hydrogen-bond donors (Lipinski definition) is 1. The van der Waals surface area contributed by atoms with E-state index < -0.39 is 0 Å². The SMILES string of the molecule is Cc1cc(NC(=O)N2CCC(c3nc4ccccc4s3)CC2)no1. The summed E-state index contributed by atoms with van der Waals surface area (Å²) in [7, 11) is 0. The lowest BCUT2D eigenvalue weighted by Gasteiger charge is -2.30. The summed E-state index contributed by atoms with van der Waals surface area (Å²) >= 11 is 1.77. The molecule has 1 saturated heterocycles. The number of aryl methyl sites for hydroxylation is 1. The molecule has 0 radical (unpaired) electrons. The first kappa shape index (κ1) is 15.1. The number of carbonyl (C=O) groups is 1. The molecule has 24 heavy (non-hydrogen) atoms. The first-order valence-corrected chi connectivity index (χ1v) is 8.85. The molecule has 1 fully saturated rings. The molecule has 0 bridgehead atoms. The lowest BCUT2D eigenvalue weighted by molar-refractivity contribution is 0.194. The zero-order chi connectivity index (χ0) is 16.5. The van der Waals surface area contributed by atoms with Gasteiger partial charge in [0, 0.05) is 25.1 Å². The van der Waals surface area contributed by atoms with Crippen LogP contribution in [0.3, 0.4) is 0 Å². The number of nitrogens with one attached hydrogen (secondary N) is 1. The van der Waals surface area contributed by atoms with Gasteiger partial charge >= 0.3 is 6.03 Å². The van der Waals surface area contributed by atoms with Gasteiger partial charge in [0.1, 0.15) is 5.76 Å². The molecule has 3 aromatic rings. The number of anilines is 1. The fraction of sp³-hybridized carbons (Fsp3) is 0.353. The Morgan fingerprint density at radius 3 is 2.83 bits per heavy atom.